The van der Waals surface area contributed by atoms with Crippen LogP contribution >= 0.6 is 0 Å². The Morgan fingerprint density at radius 3 is 3.00 bits per heavy atom. The maximum Gasteiger partial charge on any atom is 0.165 e. The van der Waals surface area contributed by atoms with Crippen LogP contribution in [0.3, 0.4) is 0 Å². The molecule has 2 rings (SSSR count). The fourth-order valence-corrected chi connectivity index (χ4v) is 1.96. The van der Waals surface area contributed by atoms with E-state index in [1.807, 2.05) is 13.0 Å². The van der Waals surface area contributed by atoms with Gasteiger partial charge in [0.2, 0.25) is 0 Å². The van der Waals surface area contributed by atoms with Crippen molar-refractivity contribution in [2.45, 2.75) is 32.3 Å². The minimum absolute atomic E-state index is 0.107. The second-order valence-corrected chi connectivity index (χ2v) is 4.20. The molecule has 0 aliphatic carbocycles. The van der Waals surface area contributed by atoms with Gasteiger partial charge in [-0.2, -0.15) is 0 Å². The van der Waals surface area contributed by atoms with Gasteiger partial charge >= 0.3 is 0 Å². The molecule has 1 fully saturated rings. The summed E-state index contributed by atoms with van der Waals surface area (Å²) < 4.78 is 19.3. The maximum absolute atomic E-state index is 13.6. The SMILES string of the molecule is CCc1ccc(OC2CCCNC2)c(F)c1. The Morgan fingerprint density at radius 1 is 1.50 bits per heavy atom. The van der Waals surface area contributed by atoms with Crippen molar-refractivity contribution in [3.63, 3.8) is 0 Å². The minimum atomic E-state index is -0.245. The molecule has 0 bridgehead atoms. The molecule has 0 spiro atoms. The number of piperidine rings is 1. The largest absolute Gasteiger partial charge is 0.486 e. The van der Waals surface area contributed by atoms with Gasteiger partial charge in [-0.3, -0.25) is 0 Å². The van der Waals surface area contributed by atoms with E-state index >= 15 is 0 Å². The number of ether oxygens (including phenoxy) is 1. The molecule has 16 heavy (non-hydrogen) atoms. The fraction of sp³-hybridized carbons (Fsp3) is 0.538. The first-order chi connectivity index (χ1) is 7.79. The van der Waals surface area contributed by atoms with Gasteiger partial charge in [0.15, 0.2) is 11.6 Å². The van der Waals surface area contributed by atoms with E-state index in [1.165, 1.54) is 0 Å². The van der Waals surface area contributed by atoms with Gasteiger partial charge in [-0.1, -0.05) is 13.0 Å². The summed E-state index contributed by atoms with van der Waals surface area (Å²) >= 11 is 0. The molecule has 88 valence electrons. The number of aryl methyl sites for hydroxylation is 1. The summed E-state index contributed by atoms with van der Waals surface area (Å²) in [4.78, 5) is 0. The van der Waals surface area contributed by atoms with Gasteiger partial charge in [-0.05, 0) is 43.5 Å². The topological polar surface area (TPSA) is 21.3 Å². The summed E-state index contributed by atoms with van der Waals surface area (Å²) in [6, 6.07) is 5.23. The highest BCUT2D eigenvalue weighted by molar-refractivity contribution is 5.29. The first-order valence-electron chi connectivity index (χ1n) is 5.95. The van der Waals surface area contributed by atoms with Crippen LogP contribution < -0.4 is 10.1 Å². The van der Waals surface area contributed by atoms with Gasteiger partial charge in [-0.25, -0.2) is 4.39 Å². The van der Waals surface area contributed by atoms with Crippen molar-refractivity contribution in [3.05, 3.63) is 29.6 Å². The van der Waals surface area contributed by atoms with Crippen LogP contribution in [0, 0.1) is 5.82 Å². The normalized spacial score (nSPS) is 20.8. The molecule has 1 aromatic carbocycles. The molecular formula is C13H18FNO. The van der Waals surface area contributed by atoms with Crippen molar-refractivity contribution in [1.29, 1.82) is 0 Å². The second-order valence-electron chi connectivity index (χ2n) is 4.20. The van der Waals surface area contributed by atoms with Crippen molar-refractivity contribution in [1.82, 2.24) is 5.32 Å². The molecule has 0 amide bonds. The Kier molecular flexibility index (Phi) is 3.78. The summed E-state index contributed by atoms with van der Waals surface area (Å²) in [6.45, 7) is 3.87. The third-order valence-electron chi connectivity index (χ3n) is 2.95. The van der Waals surface area contributed by atoms with Crippen LogP contribution in [0.25, 0.3) is 0 Å². The molecule has 1 aliphatic heterocycles. The van der Waals surface area contributed by atoms with Gasteiger partial charge in [-0.15, -0.1) is 0 Å². The van der Waals surface area contributed by atoms with Crippen LogP contribution in [0.5, 0.6) is 5.75 Å². The number of halogens is 1. The Bertz CT molecular complexity index is 348. The van der Waals surface area contributed by atoms with Gasteiger partial charge in [0.25, 0.3) is 0 Å². The summed E-state index contributed by atoms with van der Waals surface area (Å²) in [5.74, 6) is 0.135. The van der Waals surface area contributed by atoms with Crippen LogP contribution in [0.1, 0.15) is 25.3 Å². The van der Waals surface area contributed by atoms with E-state index in [0.29, 0.717) is 5.75 Å². The molecule has 0 radical (unpaired) electrons. The predicted octanol–water partition coefficient (Wildman–Crippen LogP) is 2.52. The highest BCUT2D eigenvalue weighted by Gasteiger charge is 2.16. The van der Waals surface area contributed by atoms with E-state index in [9.17, 15) is 4.39 Å². The third-order valence-corrected chi connectivity index (χ3v) is 2.95. The number of rotatable bonds is 3. The van der Waals surface area contributed by atoms with Gasteiger partial charge in [0, 0.05) is 6.54 Å². The van der Waals surface area contributed by atoms with Gasteiger partial charge in [0.1, 0.15) is 6.10 Å². The van der Waals surface area contributed by atoms with E-state index in [-0.39, 0.29) is 11.9 Å². The molecule has 1 saturated heterocycles. The number of benzene rings is 1. The lowest BCUT2D eigenvalue weighted by Gasteiger charge is -2.24. The average molecular weight is 223 g/mol. The van der Waals surface area contributed by atoms with Crippen molar-refractivity contribution < 1.29 is 9.13 Å². The number of nitrogens with one attached hydrogen (secondary N) is 1. The number of hydrogen-bond acceptors (Lipinski definition) is 2. The summed E-state index contributed by atoms with van der Waals surface area (Å²) in [6.07, 6.45) is 3.06. The van der Waals surface area contributed by atoms with Crippen molar-refractivity contribution in [3.8, 4) is 5.75 Å². The van der Waals surface area contributed by atoms with Gasteiger partial charge in [0.05, 0.1) is 0 Å². The summed E-state index contributed by atoms with van der Waals surface area (Å²) in [5.41, 5.74) is 1.01. The first-order valence-corrected chi connectivity index (χ1v) is 5.95. The smallest absolute Gasteiger partial charge is 0.165 e. The Hall–Kier alpha value is -1.09. The maximum atomic E-state index is 13.6. The molecule has 1 atom stereocenters. The highest BCUT2D eigenvalue weighted by atomic mass is 19.1. The fourth-order valence-electron chi connectivity index (χ4n) is 1.96. The molecule has 1 aromatic rings. The lowest BCUT2D eigenvalue weighted by atomic mass is 10.1. The highest BCUT2D eigenvalue weighted by Crippen LogP contribution is 2.21. The van der Waals surface area contributed by atoms with Crippen LogP contribution in [0.2, 0.25) is 0 Å². The molecule has 1 heterocycles. The zero-order chi connectivity index (χ0) is 11.4. The van der Waals surface area contributed by atoms with E-state index in [0.717, 1.165) is 37.9 Å². The zero-order valence-electron chi connectivity index (χ0n) is 9.63. The molecule has 0 aromatic heterocycles. The van der Waals surface area contributed by atoms with E-state index < -0.39 is 0 Å². The lowest BCUT2D eigenvalue weighted by Crippen LogP contribution is -2.37. The van der Waals surface area contributed by atoms with Crippen molar-refractivity contribution in [2.75, 3.05) is 13.1 Å². The van der Waals surface area contributed by atoms with Crippen molar-refractivity contribution in [2.24, 2.45) is 0 Å². The third kappa shape index (κ3) is 2.73. The molecule has 0 saturated carbocycles. The minimum Gasteiger partial charge on any atom is -0.486 e. The van der Waals surface area contributed by atoms with E-state index in [1.54, 1.807) is 12.1 Å². The molecule has 3 heteroatoms. The number of hydrogen-bond donors (Lipinski definition) is 1. The molecular weight excluding hydrogens is 205 g/mol. The van der Waals surface area contributed by atoms with E-state index in [2.05, 4.69) is 5.32 Å². The van der Waals surface area contributed by atoms with E-state index in [4.69, 9.17) is 4.74 Å². The quantitative estimate of drug-likeness (QED) is 0.850. The Balaban J connectivity index is 2.03. The molecule has 2 nitrogen and oxygen atoms in total. The summed E-state index contributed by atoms with van der Waals surface area (Å²) in [7, 11) is 0. The first kappa shape index (κ1) is 11.4. The second kappa shape index (κ2) is 5.30. The monoisotopic (exact) mass is 223 g/mol. The summed E-state index contributed by atoms with van der Waals surface area (Å²) in [5, 5.41) is 3.25. The predicted molar refractivity (Wildman–Crippen MR) is 62.3 cm³/mol. The zero-order valence-corrected chi connectivity index (χ0v) is 9.63. The van der Waals surface area contributed by atoms with Gasteiger partial charge < -0.3 is 10.1 Å². The Morgan fingerprint density at radius 2 is 2.38 bits per heavy atom. The van der Waals surface area contributed by atoms with Crippen LogP contribution in [-0.4, -0.2) is 19.2 Å². The Labute approximate surface area is 95.8 Å². The average Bonchev–Trinajstić information content (AvgIpc) is 2.33. The molecule has 1 unspecified atom stereocenters. The molecule has 1 aliphatic rings. The molecule has 1 N–H and O–H groups in total. The van der Waals surface area contributed by atoms with Crippen LogP contribution in [0.4, 0.5) is 4.39 Å². The van der Waals surface area contributed by atoms with Crippen LogP contribution in [0.15, 0.2) is 18.2 Å². The van der Waals surface area contributed by atoms with Crippen LogP contribution in [-0.2, 0) is 6.42 Å². The van der Waals surface area contributed by atoms with Crippen molar-refractivity contribution >= 4 is 0 Å². The standard InChI is InChI=1S/C13H18FNO/c1-2-10-5-6-13(12(14)8-10)16-11-4-3-7-15-9-11/h5-6,8,11,15H,2-4,7,9H2,1H3. The lowest BCUT2D eigenvalue weighted by molar-refractivity contribution is 0.160.